The van der Waals surface area contributed by atoms with Crippen molar-refractivity contribution in [1.82, 2.24) is 10.2 Å². The first kappa shape index (κ1) is 12.1. The van der Waals surface area contributed by atoms with E-state index < -0.39 is 0 Å². The van der Waals surface area contributed by atoms with Gasteiger partial charge in [-0.15, -0.1) is 11.3 Å². The molecular weight excluding hydrogens is 216 g/mol. The topological polar surface area (TPSA) is 15.3 Å². The van der Waals surface area contributed by atoms with Crippen LogP contribution < -0.4 is 5.32 Å². The Hall–Kier alpha value is -0.380. The van der Waals surface area contributed by atoms with Gasteiger partial charge in [0.05, 0.1) is 0 Å². The highest BCUT2D eigenvalue weighted by Crippen LogP contribution is 2.24. The van der Waals surface area contributed by atoms with Crippen LogP contribution >= 0.6 is 11.3 Å². The van der Waals surface area contributed by atoms with Crippen LogP contribution in [0.15, 0.2) is 17.5 Å². The molecule has 0 amide bonds. The van der Waals surface area contributed by atoms with E-state index in [-0.39, 0.29) is 0 Å². The molecule has 0 bridgehead atoms. The molecule has 1 fully saturated rings. The first-order chi connectivity index (χ1) is 7.77. The van der Waals surface area contributed by atoms with E-state index >= 15 is 0 Å². The minimum absolute atomic E-state index is 0.557. The van der Waals surface area contributed by atoms with E-state index in [1.54, 1.807) is 0 Å². The predicted octanol–water partition coefficient (Wildman–Crippen LogP) is 2.74. The molecule has 3 heteroatoms. The van der Waals surface area contributed by atoms with Crippen LogP contribution in [0.1, 0.15) is 30.7 Å². The molecule has 1 N–H and O–H groups in total. The molecule has 0 radical (unpaired) electrons. The monoisotopic (exact) mass is 238 g/mol. The van der Waals surface area contributed by atoms with Crippen LogP contribution in [0.2, 0.25) is 0 Å². The van der Waals surface area contributed by atoms with Gasteiger partial charge in [0.25, 0.3) is 0 Å². The van der Waals surface area contributed by atoms with Gasteiger partial charge in [0.15, 0.2) is 0 Å². The van der Waals surface area contributed by atoms with Crippen LogP contribution in [-0.2, 0) is 0 Å². The highest BCUT2D eigenvalue weighted by Gasteiger charge is 2.19. The minimum Gasteiger partial charge on any atom is -0.316 e. The lowest BCUT2D eigenvalue weighted by Gasteiger charge is -2.30. The van der Waals surface area contributed by atoms with Crippen LogP contribution in [-0.4, -0.2) is 31.6 Å². The smallest absolute Gasteiger partial charge is 0.0410 e. The van der Waals surface area contributed by atoms with Crippen molar-refractivity contribution in [2.45, 2.75) is 25.8 Å². The Morgan fingerprint density at radius 2 is 2.50 bits per heavy atom. The van der Waals surface area contributed by atoms with Gasteiger partial charge in [0, 0.05) is 17.5 Å². The van der Waals surface area contributed by atoms with E-state index in [2.05, 4.69) is 41.7 Å². The zero-order valence-electron chi connectivity index (χ0n) is 10.3. The van der Waals surface area contributed by atoms with Crippen LogP contribution in [0.3, 0.4) is 0 Å². The summed E-state index contributed by atoms with van der Waals surface area (Å²) in [6.07, 6.45) is 2.72. The van der Waals surface area contributed by atoms with E-state index in [4.69, 9.17) is 0 Å². The van der Waals surface area contributed by atoms with E-state index in [1.807, 2.05) is 11.3 Å². The van der Waals surface area contributed by atoms with Gasteiger partial charge >= 0.3 is 0 Å². The Kier molecular flexibility index (Phi) is 4.38. The fourth-order valence-electron chi connectivity index (χ4n) is 2.39. The van der Waals surface area contributed by atoms with E-state index in [9.17, 15) is 0 Å². The molecule has 1 aromatic rings. The van der Waals surface area contributed by atoms with Gasteiger partial charge in [-0.3, -0.25) is 4.90 Å². The quantitative estimate of drug-likeness (QED) is 0.867. The molecule has 16 heavy (non-hydrogen) atoms. The largest absolute Gasteiger partial charge is 0.316 e. The lowest BCUT2D eigenvalue weighted by Crippen LogP contribution is -2.37. The molecule has 1 aromatic heterocycles. The zero-order valence-corrected chi connectivity index (χ0v) is 11.1. The summed E-state index contributed by atoms with van der Waals surface area (Å²) in [7, 11) is 2.25. The molecule has 1 aliphatic heterocycles. The second-order valence-electron chi connectivity index (χ2n) is 4.84. The maximum atomic E-state index is 3.49. The number of piperidine rings is 1. The third-order valence-electron chi connectivity index (χ3n) is 3.56. The number of nitrogens with zero attached hydrogens (tertiary/aromatic N) is 1. The summed E-state index contributed by atoms with van der Waals surface area (Å²) in [6.45, 7) is 5.93. The first-order valence-corrected chi connectivity index (χ1v) is 7.09. The molecule has 1 saturated heterocycles. The molecule has 0 spiro atoms. The van der Waals surface area contributed by atoms with Crippen molar-refractivity contribution in [2.24, 2.45) is 5.92 Å². The van der Waals surface area contributed by atoms with Crippen molar-refractivity contribution >= 4 is 11.3 Å². The summed E-state index contributed by atoms with van der Waals surface area (Å²) in [6, 6.07) is 4.94. The van der Waals surface area contributed by atoms with Crippen LogP contribution in [0.25, 0.3) is 0 Å². The lowest BCUT2D eigenvalue weighted by atomic mass is 9.98. The summed E-state index contributed by atoms with van der Waals surface area (Å²) < 4.78 is 0. The van der Waals surface area contributed by atoms with Crippen LogP contribution in [0.5, 0.6) is 0 Å². The van der Waals surface area contributed by atoms with Gasteiger partial charge in [-0.2, -0.15) is 0 Å². The number of rotatable bonds is 4. The summed E-state index contributed by atoms with van der Waals surface area (Å²) in [5.74, 6) is 0.834. The highest BCUT2D eigenvalue weighted by molar-refractivity contribution is 7.10. The second kappa shape index (κ2) is 5.80. The average molecular weight is 238 g/mol. The molecule has 2 heterocycles. The molecule has 90 valence electrons. The molecule has 0 unspecified atom stereocenters. The molecule has 2 nitrogen and oxygen atoms in total. The predicted molar refractivity (Wildman–Crippen MR) is 71.0 cm³/mol. The summed E-state index contributed by atoms with van der Waals surface area (Å²) in [5.41, 5.74) is 0. The Morgan fingerprint density at radius 1 is 1.62 bits per heavy atom. The van der Waals surface area contributed by atoms with Crippen molar-refractivity contribution < 1.29 is 0 Å². The van der Waals surface area contributed by atoms with Gasteiger partial charge < -0.3 is 5.32 Å². The average Bonchev–Trinajstić information content (AvgIpc) is 2.83. The molecule has 2 atom stereocenters. The van der Waals surface area contributed by atoms with E-state index in [0.29, 0.717) is 6.04 Å². The normalized spacial score (nSPS) is 23.6. The third-order valence-corrected chi connectivity index (χ3v) is 4.60. The molecule has 0 aliphatic carbocycles. The van der Waals surface area contributed by atoms with Gasteiger partial charge in [-0.25, -0.2) is 0 Å². The Bertz CT molecular complexity index is 291. The molecular formula is C13H22N2S. The second-order valence-corrected chi connectivity index (χ2v) is 5.82. The van der Waals surface area contributed by atoms with Gasteiger partial charge in [0.1, 0.15) is 0 Å². The lowest BCUT2D eigenvalue weighted by molar-refractivity contribution is 0.201. The van der Waals surface area contributed by atoms with Crippen LogP contribution in [0, 0.1) is 5.92 Å². The van der Waals surface area contributed by atoms with Crippen molar-refractivity contribution in [1.29, 1.82) is 0 Å². The number of hydrogen-bond donors (Lipinski definition) is 1. The Labute approximate surface area is 103 Å². The minimum atomic E-state index is 0.557. The van der Waals surface area contributed by atoms with E-state index in [0.717, 1.165) is 5.92 Å². The summed E-state index contributed by atoms with van der Waals surface area (Å²) >= 11 is 1.86. The fourth-order valence-corrected chi connectivity index (χ4v) is 3.24. The molecule has 0 saturated carbocycles. The summed E-state index contributed by atoms with van der Waals surface area (Å²) in [5, 5.41) is 5.66. The van der Waals surface area contributed by atoms with E-state index in [1.165, 1.54) is 37.4 Å². The van der Waals surface area contributed by atoms with Gasteiger partial charge in [0.2, 0.25) is 0 Å². The SMILES string of the molecule is C[C@H](c1cccs1)N(C)C[C@H]1CCCNC1. The van der Waals surface area contributed by atoms with Crippen molar-refractivity contribution in [3.8, 4) is 0 Å². The zero-order chi connectivity index (χ0) is 11.4. The van der Waals surface area contributed by atoms with Crippen LogP contribution in [0.4, 0.5) is 0 Å². The molecule has 2 rings (SSSR count). The molecule has 1 aliphatic rings. The maximum Gasteiger partial charge on any atom is 0.0410 e. The third kappa shape index (κ3) is 3.06. The van der Waals surface area contributed by atoms with Crippen molar-refractivity contribution in [2.75, 3.05) is 26.7 Å². The Balaban J connectivity index is 1.84. The van der Waals surface area contributed by atoms with Gasteiger partial charge in [-0.05, 0) is 57.3 Å². The highest BCUT2D eigenvalue weighted by atomic mass is 32.1. The maximum absolute atomic E-state index is 3.49. The summed E-state index contributed by atoms with van der Waals surface area (Å²) in [4.78, 5) is 3.97. The number of thiophene rings is 1. The molecule has 0 aromatic carbocycles. The van der Waals surface area contributed by atoms with Gasteiger partial charge in [-0.1, -0.05) is 6.07 Å². The number of nitrogens with one attached hydrogen (secondary N) is 1. The standard InChI is InChI=1S/C13H22N2S/c1-11(13-6-4-8-16-13)15(2)10-12-5-3-7-14-9-12/h4,6,8,11-12,14H,3,5,7,9-10H2,1-2H3/t11-,12+/m1/s1. The van der Waals surface area contributed by atoms with Crippen molar-refractivity contribution in [3.05, 3.63) is 22.4 Å². The Morgan fingerprint density at radius 3 is 3.12 bits per heavy atom. The fraction of sp³-hybridized carbons (Fsp3) is 0.692. The van der Waals surface area contributed by atoms with Crippen molar-refractivity contribution in [3.63, 3.8) is 0 Å². The first-order valence-electron chi connectivity index (χ1n) is 6.21. The number of hydrogen-bond acceptors (Lipinski definition) is 3.